The highest BCUT2D eigenvalue weighted by molar-refractivity contribution is 6.24. The van der Waals surface area contributed by atoms with Crippen LogP contribution in [-0.4, -0.2) is 126 Å². The molecule has 7 amide bonds. The first-order chi connectivity index (χ1) is 31.1. The van der Waals surface area contributed by atoms with Crippen molar-refractivity contribution >= 4 is 47.0 Å². The van der Waals surface area contributed by atoms with Crippen molar-refractivity contribution in [1.29, 1.82) is 0 Å². The van der Waals surface area contributed by atoms with Crippen LogP contribution in [0.1, 0.15) is 76.8 Å². The van der Waals surface area contributed by atoms with Crippen molar-refractivity contribution in [3.05, 3.63) is 82.9 Å². The Kier molecular flexibility index (Phi) is 19.5. The van der Waals surface area contributed by atoms with Crippen LogP contribution in [0.2, 0.25) is 0 Å². The van der Waals surface area contributed by atoms with Crippen molar-refractivity contribution in [2.75, 3.05) is 78.9 Å². The van der Waals surface area contributed by atoms with Crippen LogP contribution in [0.5, 0.6) is 17.2 Å². The minimum Gasteiger partial charge on any atom is -0.493 e. The highest BCUT2D eigenvalue weighted by atomic mass is 16.5. The van der Waals surface area contributed by atoms with Crippen molar-refractivity contribution in [2.45, 2.75) is 63.8 Å². The zero-order chi connectivity index (χ0) is 45.7. The van der Waals surface area contributed by atoms with E-state index in [1.807, 2.05) is 42.5 Å². The summed E-state index contributed by atoms with van der Waals surface area (Å²) in [5.74, 6) is -1.97. The number of hydrogen-bond donors (Lipinski definition) is 4. The second-order valence-electron chi connectivity index (χ2n) is 15.0. The number of benzene rings is 3. The lowest BCUT2D eigenvalue weighted by Crippen LogP contribution is -2.54. The molecule has 1 saturated heterocycles. The zero-order valence-corrected chi connectivity index (χ0v) is 36.3. The molecule has 0 aliphatic carbocycles. The second kappa shape index (κ2) is 25.7. The minimum atomic E-state index is -1.10. The third-order valence-corrected chi connectivity index (χ3v) is 10.3. The molecular weight excluding hydrogens is 831 g/mol. The number of rotatable bonds is 28. The highest BCUT2D eigenvalue weighted by Gasteiger charge is 2.46. The minimum absolute atomic E-state index is 0.00597. The number of aryl methyl sites for hydroxylation is 2. The van der Waals surface area contributed by atoms with Crippen molar-refractivity contribution in [3.63, 3.8) is 0 Å². The van der Waals surface area contributed by atoms with Crippen LogP contribution in [0, 0.1) is 0 Å². The molecule has 18 heteroatoms. The van der Waals surface area contributed by atoms with E-state index >= 15 is 0 Å². The molecule has 4 N–H and O–H groups in total. The molecule has 0 saturated carbocycles. The number of fused-ring (bicyclic) bond motifs is 1. The lowest BCUT2D eigenvalue weighted by atomic mass is 10.0. The Morgan fingerprint density at radius 2 is 1.31 bits per heavy atom. The van der Waals surface area contributed by atoms with Crippen molar-refractivity contribution in [2.24, 2.45) is 0 Å². The van der Waals surface area contributed by atoms with Gasteiger partial charge < -0.3 is 44.4 Å². The quantitative estimate of drug-likeness (QED) is 0.0608. The van der Waals surface area contributed by atoms with Gasteiger partial charge in [0.2, 0.25) is 23.6 Å². The summed E-state index contributed by atoms with van der Waals surface area (Å²) in [7, 11) is 3.23. The Bertz CT molecular complexity index is 2110. The smallest absolute Gasteiger partial charge is 0.266 e. The Labute approximate surface area is 372 Å². The van der Waals surface area contributed by atoms with Gasteiger partial charge in [0, 0.05) is 51.3 Å². The van der Waals surface area contributed by atoms with Gasteiger partial charge in [0.1, 0.15) is 11.8 Å². The molecular formula is C46H57N5O13. The topological polar surface area (TPSA) is 226 Å². The van der Waals surface area contributed by atoms with Gasteiger partial charge in [0.25, 0.3) is 17.7 Å². The molecule has 2 aliphatic heterocycles. The van der Waals surface area contributed by atoms with E-state index in [1.165, 1.54) is 18.2 Å². The summed E-state index contributed by atoms with van der Waals surface area (Å²) in [5.41, 5.74) is 3.00. The number of ether oxygens (including phenoxy) is 6. The molecule has 344 valence electrons. The van der Waals surface area contributed by atoms with Gasteiger partial charge in [0.15, 0.2) is 18.1 Å². The van der Waals surface area contributed by atoms with E-state index in [4.69, 9.17) is 28.4 Å². The fraction of sp³-hybridized carbons (Fsp3) is 0.457. The molecule has 2 aliphatic rings. The molecule has 0 aromatic heterocycles. The van der Waals surface area contributed by atoms with E-state index in [0.717, 1.165) is 35.3 Å². The molecule has 2 heterocycles. The van der Waals surface area contributed by atoms with Crippen LogP contribution in [-0.2, 0) is 51.0 Å². The SMILES string of the molecule is COc1ccc(CCCc2cccc(NC(=O)CCC(=O)NCCCOCCOCCOCCCNC(=O)COc3cccc4c3C(=O)N(C3CCC(=O)NC3=O)C4=O)c2)cc1OC. The summed E-state index contributed by atoms with van der Waals surface area (Å²) in [4.78, 5) is 88.0. The Balaban J connectivity index is 0.811. The summed E-state index contributed by atoms with van der Waals surface area (Å²) in [6, 6.07) is 17.0. The molecule has 3 aromatic rings. The van der Waals surface area contributed by atoms with Crippen molar-refractivity contribution in [3.8, 4) is 17.2 Å². The molecule has 0 bridgehead atoms. The fourth-order valence-corrected chi connectivity index (χ4v) is 7.02. The third kappa shape index (κ3) is 14.9. The number of methoxy groups -OCH3 is 2. The molecule has 1 fully saturated rings. The average Bonchev–Trinajstić information content (AvgIpc) is 3.54. The van der Waals surface area contributed by atoms with Crippen molar-refractivity contribution < 1.29 is 62.0 Å². The molecule has 5 rings (SSSR count). The Morgan fingerprint density at radius 1 is 0.672 bits per heavy atom. The zero-order valence-electron chi connectivity index (χ0n) is 36.3. The standard InChI is InChI=1S/C46H57N5O13/c1-59-36-16-14-32(29-38(36)60-2)9-3-8-31-10-4-11-33(28-31)49-40(53)19-18-39(52)47-20-6-22-61-24-26-63-27-25-62-23-7-21-48-42(55)30-64-37-13-5-12-34-43(37)46(58)51(45(34)57)35-15-17-41(54)50-44(35)56/h4-5,10-14,16,28-29,35H,3,6-9,15,17-27,30H2,1-2H3,(H,47,52)(H,48,55)(H,49,53)(H,50,54,56). The first kappa shape index (κ1) is 48.7. The Morgan fingerprint density at radius 3 is 2.00 bits per heavy atom. The van der Waals surface area contributed by atoms with E-state index < -0.39 is 42.2 Å². The average molecular weight is 888 g/mol. The first-order valence-electron chi connectivity index (χ1n) is 21.4. The molecule has 1 unspecified atom stereocenters. The van der Waals surface area contributed by atoms with Gasteiger partial charge >= 0.3 is 0 Å². The number of imide groups is 2. The summed E-state index contributed by atoms with van der Waals surface area (Å²) in [5, 5.41) is 10.6. The molecule has 3 aromatic carbocycles. The molecule has 0 spiro atoms. The van der Waals surface area contributed by atoms with Crippen LogP contribution in [0.3, 0.4) is 0 Å². The summed E-state index contributed by atoms with van der Waals surface area (Å²) in [6.07, 6.45) is 3.98. The molecule has 0 radical (unpaired) electrons. The fourth-order valence-electron chi connectivity index (χ4n) is 7.02. The number of hydrogen-bond acceptors (Lipinski definition) is 13. The van der Waals surface area contributed by atoms with Gasteiger partial charge in [-0.25, -0.2) is 0 Å². The second-order valence-corrected chi connectivity index (χ2v) is 15.0. The number of carbonyl (C=O) groups is 7. The number of carbonyl (C=O) groups excluding carboxylic acids is 7. The summed E-state index contributed by atoms with van der Waals surface area (Å²) in [6.45, 7) is 2.66. The van der Waals surface area contributed by atoms with Gasteiger partial charge in [0.05, 0.1) is 51.8 Å². The third-order valence-electron chi connectivity index (χ3n) is 10.3. The number of piperidine rings is 1. The van der Waals surface area contributed by atoms with E-state index in [-0.39, 0.29) is 54.4 Å². The Hall–Kier alpha value is -6.37. The van der Waals surface area contributed by atoms with E-state index in [1.54, 1.807) is 14.2 Å². The number of nitrogens with zero attached hydrogens (tertiary/aromatic N) is 1. The maximum Gasteiger partial charge on any atom is 0.266 e. The van der Waals surface area contributed by atoms with Gasteiger partial charge in [-0.15, -0.1) is 0 Å². The van der Waals surface area contributed by atoms with Crippen LogP contribution in [0.25, 0.3) is 0 Å². The largest absolute Gasteiger partial charge is 0.493 e. The molecule has 64 heavy (non-hydrogen) atoms. The van der Waals surface area contributed by atoms with Crippen LogP contribution in [0.15, 0.2) is 60.7 Å². The maximum absolute atomic E-state index is 13.2. The number of nitrogens with one attached hydrogen (secondary N) is 4. The predicted molar refractivity (Wildman–Crippen MR) is 232 cm³/mol. The van der Waals surface area contributed by atoms with Crippen molar-refractivity contribution in [1.82, 2.24) is 20.9 Å². The van der Waals surface area contributed by atoms with Crippen LogP contribution in [0.4, 0.5) is 5.69 Å². The molecule has 18 nitrogen and oxygen atoms in total. The van der Waals surface area contributed by atoms with Gasteiger partial charge in [-0.3, -0.25) is 43.8 Å². The number of anilines is 1. The number of amides is 7. The molecule has 1 atom stereocenters. The predicted octanol–water partition coefficient (Wildman–Crippen LogP) is 3.14. The van der Waals surface area contributed by atoms with Gasteiger partial charge in [-0.05, 0) is 86.1 Å². The maximum atomic E-state index is 13.2. The van der Waals surface area contributed by atoms with E-state index in [2.05, 4.69) is 21.3 Å². The lowest BCUT2D eigenvalue weighted by molar-refractivity contribution is -0.136. The van der Waals surface area contributed by atoms with Gasteiger partial charge in [-0.2, -0.15) is 0 Å². The normalized spacial score (nSPS) is 14.5. The highest BCUT2D eigenvalue weighted by Crippen LogP contribution is 2.34. The first-order valence-corrected chi connectivity index (χ1v) is 21.4. The van der Waals surface area contributed by atoms with E-state index in [0.29, 0.717) is 82.8 Å². The summed E-state index contributed by atoms with van der Waals surface area (Å²) >= 11 is 0. The van der Waals surface area contributed by atoms with Gasteiger partial charge in [-0.1, -0.05) is 24.3 Å². The lowest BCUT2D eigenvalue weighted by Gasteiger charge is -2.27. The van der Waals surface area contributed by atoms with Crippen LogP contribution < -0.4 is 35.5 Å². The monoisotopic (exact) mass is 887 g/mol. The van der Waals surface area contributed by atoms with Crippen LogP contribution >= 0.6 is 0 Å². The van der Waals surface area contributed by atoms with E-state index in [9.17, 15) is 33.6 Å². The summed E-state index contributed by atoms with van der Waals surface area (Å²) < 4.78 is 32.9.